The monoisotopic (exact) mass is 737 g/mol. The highest BCUT2D eigenvalue weighted by molar-refractivity contribution is 8.76. The Morgan fingerprint density at radius 1 is 0.808 bits per heavy atom. The van der Waals surface area contributed by atoms with Crippen molar-refractivity contribution < 1.29 is 14.5 Å². The zero-order valence-corrected chi connectivity index (χ0v) is 31.7. The maximum Gasteiger partial charge on any atom is 0.241 e. The summed E-state index contributed by atoms with van der Waals surface area (Å²) in [5, 5.41) is 16.5. The van der Waals surface area contributed by atoms with E-state index in [0.29, 0.717) is 19.6 Å². The first-order valence-electron chi connectivity index (χ1n) is 18.4. The maximum absolute atomic E-state index is 12.2. The Morgan fingerprint density at radius 2 is 1.35 bits per heavy atom. The van der Waals surface area contributed by atoms with Gasteiger partial charge in [-0.2, -0.15) is 0 Å². The zero-order chi connectivity index (χ0) is 36.2. The Hall–Kier alpha value is -4.09. The minimum Gasteiger partial charge on any atom is -0.372 e. The van der Waals surface area contributed by atoms with Gasteiger partial charge in [0.05, 0.1) is 0 Å². The molecule has 3 N–H and O–H groups in total. The van der Waals surface area contributed by atoms with Crippen LogP contribution in [0.3, 0.4) is 0 Å². The van der Waals surface area contributed by atoms with E-state index in [9.17, 15) is 9.90 Å². The van der Waals surface area contributed by atoms with Crippen LogP contribution in [0.1, 0.15) is 42.4 Å². The van der Waals surface area contributed by atoms with Crippen molar-refractivity contribution in [1.29, 1.82) is 0 Å². The molecule has 10 heteroatoms. The Bertz CT molecular complexity index is 1640. The number of hydrogen-bond acceptors (Lipinski definition) is 8. The van der Waals surface area contributed by atoms with Crippen LogP contribution in [0.2, 0.25) is 0 Å². The van der Waals surface area contributed by atoms with Gasteiger partial charge in [0, 0.05) is 80.5 Å². The van der Waals surface area contributed by atoms with Gasteiger partial charge >= 0.3 is 0 Å². The van der Waals surface area contributed by atoms with Crippen molar-refractivity contribution in [2.24, 2.45) is 4.99 Å². The summed E-state index contributed by atoms with van der Waals surface area (Å²) in [7, 11) is 3.43. The molecule has 0 spiro atoms. The fourth-order valence-electron chi connectivity index (χ4n) is 6.03. The molecule has 2 aliphatic heterocycles. The third-order valence-corrected chi connectivity index (χ3v) is 11.4. The molecular weight excluding hydrogens is 685 g/mol. The number of rotatable bonds is 20. The third kappa shape index (κ3) is 13.8. The van der Waals surface area contributed by atoms with Gasteiger partial charge in [0.2, 0.25) is 5.91 Å². The topological polar surface area (TPSA) is 84.1 Å². The molecule has 0 saturated carbocycles. The van der Waals surface area contributed by atoms with Crippen molar-refractivity contribution in [3.05, 3.63) is 120 Å². The molecule has 274 valence electrons. The third-order valence-electron chi connectivity index (χ3n) is 8.96. The fourth-order valence-corrected chi connectivity index (χ4v) is 7.86. The van der Waals surface area contributed by atoms with Crippen molar-refractivity contribution >= 4 is 63.3 Å². The Kier molecular flexibility index (Phi) is 16.6. The predicted octanol–water partition coefficient (Wildman–Crippen LogP) is 6.65. The number of nitrogens with one attached hydrogen (secondary N) is 2. The van der Waals surface area contributed by atoms with E-state index in [4.69, 9.17) is 0 Å². The molecule has 1 unspecified atom stereocenters. The molecule has 3 heterocycles. The minimum absolute atomic E-state index is 0.0904. The highest BCUT2D eigenvalue weighted by atomic mass is 33.1. The van der Waals surface area contributed by atoms with Crippen molar-refractivity contribution in [3.8, 4) is 0 Å². The largest absolute Gasteiger partial charge is 0.372 e. The summed E-state index contributed by atoms with van der Waals surface area (Å²) in [5.41, 5.74) is 6.96. The second-order valence-electron chi connectivity index (χ2n) is 12.9. The molecule has 0 radical (unpaired) electrons. The van der Waals surface area contributed by atoms with Crippen LogP contribution < -0.4 is 25.0 Å². The van der Waals surface area contributed by atoms with Crippen LogP contribution in [-0.4, -0.2) is 80.8 Å². The van der Waals surface area contributed by atoms with Crippen molar-refractivity contribution in [3.63, 3.8) is 0 Å². The lowest BCUT2D eigenvalue weighted by molar-refractivity contribution is -0.704. The second kappa shape index (κ2) is 22.1. The van der Waals surface area contributed by atoms with Crippen LogP contribution in [-0.2, 0) is 11.3 Å². The summed E-state index contributed by atoms with van der Waals surface area (Å²) < 4.78 is 1.98. The molecule has 5 rings (SSSR count). The molecule has 2 fully saturated rings. The Morgan fingerprint density at radius 3 is 1.92 bits per heavy atom. The standard InChI is InChI=1S/C42H52N6O2S2/c1-2-35(7-8-36-11-15-39(16-12-36)47-25-3-4-26-47)19-22-43-33-41(49)44-23-31-51-52-32-24-45-42(50)34-46-29-20-38(21-30-46)10-9-37-13-17-40(18-14-37)48-27-5-6-28-48/h2,7-22,29-30,42,45,50H,1,3-6,23-28,31-34H2/p+1/b8-7+,35-19+,43-22+. The normalized spacial score (nSPS) is 15.8. The number of anilines is 2. The van der Waals surface area contributed by atoms with E-state index >= 15 is 0 Å². The van der Waals surface area contributed by atoms with E-state index in [1.807, 2.05) is 29.1 Å². The average Bonchev–Trinajstić information content (AvgIpc) is 3.92. The smallest absolute Gasteiger partial charge is 0.241 e. The van der Waals surface area contributed by atoms with Crippen molar-refractivity contribution in [2.45, 2.75) is 38.5 Å². The Labute approximate surface area is 317 Å². The van der Waals surface area contributed by atoms with Crippen LogP contribution in [0.5, 0.6) is 0 Å². The van der Waals surface area contributed by atoms with Gasteiger partial charge in [-0.1, -0.05) is 82.8 Å². The van der Waals surface area contributed by atoms with Gasteiger partial charge in [0.25, 0.3) is 0 Å². The quantitative estimate of drug-likeness (QED) is 0.0300. The SMILES string of the molecule is C=CC(/C=C/c1ccc(N2CCCC2)cc1)=C\C=N\CC(=O)NCCSSCCNC(O)C[n+]1ccc(/C=C/c2ccc(N3CCCC3)cc2)cc1. The number of allylic oxidation sites excluding steroid dienone is 4. The predicted molar refractivity (Wildman–Crippen MR) is 224 cm³/mol. The van der Waals surface area contributed by atoms with E-state index in [-0.39, 0.29) is 12.5 Å². The summed E-state index contributed by atoms with van der Waals surface area (Å²) in [6, 6.07) is 21.5. The van der Waals surface area contributed by atoms with E-state index in [1.165, 1.54) is 42.6 Å². The molecule has 52 heavy (non-hydrogen) atoms. The molecule has 2 aromatic carbocycles. The second-order valence-corrected chi connectivity index (χ2v) is 15.6. The summed E-state index contributed by atoms with van der Waals surface area (Å²) in [6.45, 7) is 10.3. The van der Waals surface area contributed by atoms with Crippen LogP contribution in [0.25, 0.3) is 18.2 Å². The number of aliphatic imine (C=N–C) groups is 1. The number of nitrogens with zero attached hydrogens (tertiary/aromatic N) is 4. The summed E-state index contributed by atoms with van der Waals surface area (Å²) >= 11 is 0. The number of aromatic nitrogens is 1. The number of amides is 1. The molecule has 0 bridgehead atoms. The first kappa shape index (κ1) is 39.1. The highest BCUT2D eigenvalue weighted by Gasteiger charge is 2.13. The van der Waals surface area contributed by atoms with Gasteiger partial charge in [0.1, 0.15) is 6.54 Å². The maximum atomic E-state index is 12.2. The number of hydrogen-bond donors (Lipinski definition) is 3. The first-order chi connectivity index (χ1) is 25.6. The van der Waals surface area contributed by atoms with Gasteiger partial charge in [-0.3, -0.25) is 15.1 Å². The van der Waals surface area contributed by atoms with Crippen molar-refractivity contribution in [1.82, 2.24) is 10.6 Å². The van der Waals surface area contributed by atoms with Gasteiger partial charge in [0.15, 0.2) is 25.2 Å². The lowest BCUT2D eigenvalue weighted by Gasteiger charge is -2.17. The van der Waals surface area contributed by atoms with Crippen LogP contribution >= 0.6 is 21.6 Å². The highest BCUT2D eigenvalue weighted by Crippen LogP contribution is 2.23. The fraction of sp³-hybridized carbons (Fsp3) is 0.357. The molecular formula is C42H53N6O2S2+. The van der Waals surface area contributed by atoms with Crippen LogP contribution in [0, 0.1) is 0 Å². The van der Waals surface area contributed by atoms with Crippen molar-refractivity contribution in [2.75, 3.05) is 67.1 Å². The zero-order valence-electron chi connectivity index (χ0n) is 30.1. The lowest BCUT2D eigenvalue weighted by atomic mass is 10.1. The molecule has 1 amide bonds. The Balaban J connectivity index is 0.876. The first-order valence-corrected chi connectivity index (χ1v) is 20.8. The summed E-state index contributed by atoms with van der Waals surface area (Å²) in [4.78, 5) is 21.3. The molecule has 3 aromatic rings. The number of aliphatic hydroxyl groups excluding tert-OH is 1. The number of pyridine rings is 1. The number of benzene rings is 2. The molecule has 2 saturated heterocycles. The molecule has 1 aromatic heterocycles. The van der Waals surface area contributed by atoms with E-state index in [1.54, 1.807) is 33.9 Å². The molecule has 0 aliphatic carbocycles. The molecule has 2 aliphatic rings. The van der Waals surface area contributed by atoms with E-state index < -0.39 is 6.23 Å². The molecule has 8 nitrogen and oxygen atoms in total. The van der Waals surface area contributed by atoms with Crippen LogP contribution in [0.15, 0.2) is 108 Å². The average molecular weight is 738 g/mol. The minimum atomic E-state index is -0.628. The van der Waals surface area contributed by atoms with Crippen LogP contribution in [0.4, 0.5) is 11.4 Å². The summed E-state index contributed by atoms with van der Waals surface area (Å²) in [5.74, 6) is 1.55. The van der Waals surface area contributed by atoms with Gasteiger partial charge in [-0.05, 0) is 78.3 Å². The lowest BCUT2D eigenvalue weighted by Crippen LogP contribution is -2.45. The van der Waals surface area contributed by atoms with Gasteiger partial charge < -0.3 is 20.2 Å². The number of carbonyl (C=O) groups is 1. The van der Waals surface area contributed by atoms with E-state index in [2.05, 4.69) is 111 Å². The van der Waals surface area contributed by atoms with Gasteiger partial charge in [-0.15, -0.1) is 0 Å². The summed E-state index contributed by atoms with van der Waals surface area (Å²) in [6.07, 6.45) is 22.1. The molecule has 1 atom stereocenters. The van der Waals surface area contributed by atoms with Gasteiger partial charge in [-0.25, -0.2) is 4.57 Å². The number of aliphatic hydroxyl groups is 1. The van der Waals surface area contributed by atoms with E-state index in [0.717, 1.165) is 54.4 Å². The number of carbonyl (C=O) groups excluding carboxylic acids is 1.